The molecule has 2 aromatic heterocycles. The maximum Gasteiger partial charge on any atom is 0.173 e. The number of nitrogens with zero attached hydrogens (tertiary/aromatic N) is 3. The first-order valence-electron chi connectivity index (χ1n) is 13.4. The van der Waals surface area contributed by atoms with Crippen LogP contribution in [0.5, 0.6) is 0 Å². The van der Waals surface area contributed by atoms with E-state index in [1.807, 2.05) is 6.07 Å². The van der Waals surface area contributed by atoms with Crippen molar-refractivity contribution in [3.63, 3.8) is 0 Å². The SMILES string of the molecule is C[C@H]1C[C@@H]2C[C@@H](OCc3c(-c4c(Cl)cccc4Cl)noc3C(C)(C)O)C[C@H]1[C@]2(O)c1nc2c(F)cc(C#N)cc2s1. The lowest BCUT2D eigenvalue weighted by Gasteiger charge is -2.42. The average Bonchev–Trinajstić information content (AvgIpc) is 3.56. The molecule has 2 aliphatic carbocycles. The van der Waals surface area contributed by atoms with Gasteiger partial charge in [0.1, 0.15) is 27.4 Å². The van der Waals surface area contributed by atoms with E-state index in [2.05, 4.69) is 17.1 Å². The molecule has 4 aromatic rings. The number of aromatic nitrogens is 2. The summed E-state index contributed by atoms with van der Waals surface area (Å²) in [5.74, 6) is -0.396. The van der Waals surface area contributed by atoms with E-state index in [9.17, 15) is 19.9 Å². The number of hydrogen-bond acceptors (Lipinski definition) is 8. The normalized spacial score (nSPS) is 26.0. The fourth-order valence-electron chi connectivity index (χ4n) is 6.65. The molecular weight excluding hydrogens is 588 g/mol. The van der Waals surface area contributed by atoms with Gasteiger partial charge in [0, 0.05) is 5.56 Å². The molecule has 0 unspecified atom stereocenters. The molecule has 0 aliphatic heterocycles. The molecule has 5 atom stereocenters. The van der Waals surface area contributed by atoms with Crippen LogP contribution in [0.15, 0.2) is 34.9 Å². The predicted molar refractivity (Wildman–Crippen MR) is 154 cm³/mol. The van der Waals surface area contributed by atoms with E-state index in [4.69, 9.17) is 32.5 Å². The maximum absolute atomic E-state index is 14.7. The van der Waals surface area contributed by atoms with Gasteiger partial charge in [-0.15, -0.1) is 11.3 Å². The topological polar surface area (TPSA) is 112 Å². The Labute approximate surface area is 250 Å². The molecule has 2 aromatic carbocycles. The van der Waals surface area contributed by atoms with Crippen molar-refractivity contribution in [1.82, 2.24) is 10.1 Å². The molecule has 6 rings (SSSR count). The Morgan fingerprint density at radius 3 is 2.63 bits per heavy atom. The zero-order valence-corrected chi connectivity index (χ0v) is 24.9. The number of halogens is 3. The van der Waals surface area contributed by atoms with Gasteiger partial charge in [-0.1, -0.05) is 41.3 Å². The van der Waals surface area contributed by atoms with Crippen molar-refractivity contribution in [3.8, 4) is 17.3 Å². The van der Waals surface area contributed by atoms with Crippen molar-refractivity contribution in [3.05, 3.63) is 68.1 Å². The molecule has 2 N–H and O–H groups in total. The molecule has 11 heteroatoms. The third-order valence-electron chi connectivity index (χ3n) is 8.52. The summed E-state index contributed by atoms with van der Waals surface area (Å²) >= 11 is 14.2. The predicted octanol–water partition coefficient (Wildman–Crippen LogP) is 7.34. The van der Waals surface area contributed by atoms with Gasteiger partial charge in [-0.25, -0.2) is 9.37 Å². The molecule has 41 heavy (non-hydrogen) atoms. The summed E-state index contributed by atoms with van der Waals surface area (Å²) in [6.07, 6.45) is 1.74. The van der Waals surface area contributed by atoms with Crippen LogP contribution in [0.4, 0.5) is 4.39 Å². The first-order valence-corrected chi connectivity index (χ1v) is 15.0. The molecule has 2 saturated carbocycles. The molecule has 7 nitrogen and oxygen atoms in total. The largest absolute Gasteiger partial charge is 0.382 e. The third-order valence-corrected chi connectivity index (χ3v) is 10.3. The number of rotatable bonds is 6. The number of hydrogen-bond donors (Lipinski definition) is 2. The van der Waals surface area contributed by atoms with Crippen LogP contribution in [0.25, 0.3) is 21.5 Å². The van der Waals surface area contributed by atoms with Crippen molar-refractivity contribution in [1.29, 1.82) is 5.26 Å². The van der Waals surface area contributed by atoms with Gasteiger partial charge in [-0.05, 0) is 75.1 Å². The Bertz CT molecular complexity index is 1670. The number of benzene rings is 2. The highest BCUT2D eigenvalue weighted by atomic mass is 35.5. The number of fused-ring (bicyclic) bond motifs is 3. The fourth-order valence-corrected chi connectivity index (χ4v) is 8.48. The summed E-state index contributed by atoms with van der Waals surface area (Å²) in [5, 5.41) is 37.7. The molecule has 0 amide bonds. The Hall–Kier alpha value is -2.58. The fraction of sp³-hybridized carbons (Fsp3) is 0.433. The average molecular weight is 617 g/mol. The summed E-state index contributed by atoms with van der Waals surface area (Å²) in [6.45, 7) is 5.43. The minimum absolute atomic E-state index is 0.0971. The standard InChI is InChI=1S/C30H28Cl2FN3O4S/c1-14-7-16-10-17(11-19(14)30(16,38)28-35-26-22(33)8-15(12-34)9-23(26)41-28)39-13-18-25(36-40-27(18)29(2,3)37)24-20(31)5-4-6-21(24)32/h4-6,8-9,14,16-17,19,37-38H,7,10-11,13H2,1-3H3/t14-,16+,17+,19+,30-/m0/s1. The molecule has 2 aliphatic rings. The van der Waals surface area contributed by atoms with Crippen molar-refractivity contribution < 1.29 is 23.9 Å². The van der Waals surface area contributed by atoms with Gasteiger partial charge < -0.3 is 19.5 Å². The molecule has 2 fully saturated rings. The van der Waals surface area contributed by atoms with Crippen LogP contribution in [-0.4, -0.2) is 26.5 Å². The highest BCUT2D eigenvalue weighted by Gasteiger charge is 2.59. The van der Waals surface area contributed by atoms with Gasteiger partial charge in [-0.2, -0.15) is 5.26 Å². The number of thiazole rings is 1. The minimum Gasteiger partial charge on any atom is -0.382 e. The van der Waals surface area contributed by atoms with Crippen LogP contribution in [0.1, 0.15) is 61.9 Å². The summed E-state index contributed by atoms with van der Waals surface area (Å²) in [4.78, 5) is 4.54. The van der Waals surface area contributed by atoms with Crippen molar-refractivity contribution in [2.45, 2.75) is 63.9 Å². The van der Waals surface area contributed by atoms with Gasteiger partial charge in [-0.3, -0.25) is 0 Å². The lowest BCUT2D eigenvalue weighted by molar-refractivity contribution is -0.120. The van der Waals surface area contributed by atoms with E-state index < -0.39 is 17.0 Å². The second-order valence-electron chi connectivity index (χ2n) is 11.7. The van der Waals surface area contributed by atoms with E-state index >= 15 is 0 Å². The lowest BCUT2D eigenvalue weighted by Crippen LogP contribution is -2.45. The summed E-state index contributed by atoms with van der Waals surface area (Å²) in [5.41, 5.74) is -0.664. The van der Waals surface area contributed by atoms with E-state index in [1.54, 1.807) is 38.1 Å². The number of ether oxygens (including phenoxy) is 1. The first-order chi connectivity index (χ1) is 19.4. The van der Waals surface area contributed by atoms with Crippen LogP contribution in [0.2, 0.25) is 10.0 Å². The summed E-state index contributed by atoms with van der Waals surface area (Å²) < 4.78 is 27.3. The highest BCUT2D eigenvalue weighted by Crippen LogP contribution is 2.59. The van der Waals surface area contributed by atoms with E-state index in [0.717, 1.165) is 6.42 Å². The maximum atomic E-state index is 14.7. The Kier molecular flexibility index (Phi) is 7.17. The Balaban J connectivity index is 1.28. The van der Waals surface area contributed by atoms with Gasteiger partial charge in [0.2, 0.25) is 0 Å². The molecule has 214 valence electrons. The van der Waals surface area contributed by atoms with Crippen LogP contribution in [0.3, 0.4) is 0 Å². The van der Waals surface area contributed by atoms with Gasteiger partial charge in [0.15, 0.2) is 11.6 Å². The van der Waals surface area contributed by atoms with Crippen LogP contribution >= 0.6 is 34.5 Å². The van der Waals surface area contributed by atoms with E-state index in [-0.39, 0.29) is 47.3 Å². The highest BCUT2D eigenvalue weighted by molar-refractivity contribution is 7.18. The van der Waals surface area contributed by atoms with E-state index in [0.29, 0.717) is 49.4 Å². The summed E-state index contributed by atoms with van der Waals surface area (Å²) in [6, 6.07) is 9.93. The lowest BCUT2D eigenvalue weighted by atomic mass is 9.72. The minimum atomic E-state index is -1.33. The van der Waals surface area contributed by atoms with Gasteiger partial charge in [0.05, 0.1) is 44.7 Å². The number of nitriles is 1. The van der Waals surface area contributed by atoms with Crippen LogP contribution < -0.4 is 0 Å². The third kappa shape index (κ3) is 4.75. The number of aliphatic hydroxyl groups is 2. The second kappa shape index (κ2) is 10.3. The van der Waals surface area contributed by atoms with Crippen LogP contribution in [-0.2, 0) is 22.5 Å². The monoisotopic (exact) mass is 615 g/mol. The van der Waals surface area contributed by atoms with Gasteiger partial charge >= 0.3 is 0 Å². The van der Waals surface area contributed by atoms with Crippen LogP contribution in [0, 0.1) is 34.9 Å². The van der Waals surface area contributed by atoms with Crippen molar-refractivity contribution in [2.24, 2.45) is 17.8 Å². The quantitative estimate of drug-likeness (QED) is 0.233. The zero-order chi connectivity index (χ0) is 29.3. The zero-order valence-electron chi connectivity index (χ0n) is 22.6. The molecule has 2 bridgehead atoms. The van der Waals surface area contributed by atoms with Gasteiger partial charge in [0.25, 0.3) is 0 Å². The molecule has 2 heterocycles. The smallest absolute Gasteiger partial charge is 0.173 e. The van der Waals surface area contributed by atoms with Crippen molar-refractivity contribution in [2.75, 3.05) is 0 Å². The molecular formula is C30H28Cl2FN3O4S. The Morgan fingerprint density at radius 1 is 1.24 bits per heavy atom. The molecule has 0 saturated heterocycles. The van der Waals surface area contributed by atoms with E-state index in [1.165, 1.54) is 17.4 Å². The first kappa shape index (κ1) is 28.5. The molecule has 0 radical (unpaired) electrons. The van der Waals surface area contributed by atoms with Crippen molar-refractivity contribution >= 4 is 44.8 Å². The Morgan fingerprint density at radius 2 is 1.98 bits per heavy atom. The second-order valence-corrected chi connectivity index (χ2v) is 13.5. The summed E-state index contributed by atoms with van der Waals surface area (Å²) in [7, 11) is 0. The molecule has 0 spiro atoms.